The van der Waals surface area contributed by atoms with E-state index in [-0.39, 0.29) is 47.1 Å². The van der Waals surface area contributed by atoms with Gasteiger partial charge in [-0.3, -0.25) is 24.5 Å². The van der Waals surface area contributed by atoms with Gasteiger partial charge in [0.15, 0.2) is 0 Å². The minimum atomic E-state index is -0.663. The molecule has 9 nitrogen and oxygen atoms in total. The minimum absolute atomic E-state index is 0.0112. The van der Waals surface area contributed by atoms with Gasteiger partial charge in [0, 0.05) is 41.3 Å². The third-order valence-corrected chi connectivity index (χ3v) is 4.69. The number of amides is 3. The molecule has 1 saturated carbocycles. The predicted molar refractivity (Wildman–Crippen MR) is 111 cm³/mol. The van der Waals surface area contributed by atoms with Gasteiger partial charge < -0.3 is 16.0 Å². The van der Waals surface area contributed by atoms with Crippen molar-refractivity contribution < 1.29 is 19.3 Å². The van der Waals surface area contributed by atoms with Crippen molar-refractivity contribution in [1.29, 1.82) is 0 Å². The molecule has 0 aliphatic heterocycles. The zero-order valence-corrected chi connectivity index (χ0v) is 16.6. The van der Waals surface area contributed by atoms with Gasteiger partial charge >= 0.3 is 0 Å². The number of nitro benzene ring substituents is 1. The van der Waals surface area contributed by atoms with E-state index in [9.17, 15) is 24.5 Å². The van der Waals surface area contributed by atoms with Crippen molar-refractivity contribution in [3.8, 4) is 0 Å². The van der Waals surface area contributed by atoms with Gasteiger partial charge in [0.05, 0.1) is 4.92 Å². The molecular formula is C20H19ClN4O5. The summed E-state index contributed by atoms with van der Waals surface area (Å²) in [6.07, 6.45) is 1.82. The second-order valence-corrected chi connectivity index (χ2v) is 7.21. The number of benzene rings is 2. The van der Waals surface area contributed by atoms with Crippen molar-refractivity contribution in [3.05, 3.63) is 68.7 Å². The molecule has 2 aromatic carbocycles. The van der Waals surface area contributed by atoms with Crippen LogP contribution in [0.15, 0.2) is 42.5 Å². The topological polar surface area (TPSA) is 130 Å². The maximum Gasteiger partial charge on any atom is 0.282 e. The van der Waals surface area contributed by atoms with Crippen LogP contribution >= 0.6 is 11.6 Å². The number of carbonyl (C=O) groups is 3. The van der Waals surface area contributed by atoms with Crippen LogP contribution in [0.4, 0.5) is 11.4 Å². The Kier molecular flexibility index (Phi) is 6.63. The maximum absolute atomic E-state index is 12.2. The molecule has 1 aliphatic rings. The lowest BCUT2D eigenvalue weighted by atomic mass is 10.1. The van der Waals surface area contributed by atoms with Crippen molar-refractivity contribution in [2.45, 2.75) is 12.8 Å². The third kappa shape index (κ3) is 5.54. The molecule has 30 heavy (non-hydrogen) atoms. The van der Waals surface area contributed by atoms with Crippen LogP contribution in [-0.2, 0) is 4.79 Å². The molecule has 0 unspecified atom stereocenters. The molecule has 0 aromatic heterocycles. The van der Waals surface area contributed by atoms with E-state index in [4.69, 9.17) is 11.6 Å². The Morgan fingerprint density at radius 2 is 1.63 bits per heavy atom. The molecule has 2 aromatic rings. The Labute approximate surface area is 176 Å². The average molecular weight is 431 g/mol. The molecule has 0 atom stereocenters. The summed E-state index contributed by atoms with van der Waals surface area (Å²) >= 11 is 5.81. The molecule has 10 heteroatoms. The first kappa shape index (κ1) is 21.3. The van der Waals surface area contributed by atoms with Crippen LogP contribution in [0.1, 0.15) is 33.6 Å². The largest absolute Gasteiger partial charge is 0.350 e. The van der Waals surface area contributed by atoms with Gasteiger partial charge in [-0.05, 0) is 49.2 Å². The van der Waals surface area contributed by atoms with Crippen LogP contribution in [0, 0.1) is 16.0 Å². The highest BCUT2D eigenvalue weighted by Gasteiger charge is 2.29. The number of carbonyl (C=O) groups excluding carboxylic acids is 3. The first-order chi connectivity index (χ1) is 14.3. The van der Waals surface area contributed by atoms with E-state index in [2.05, 4.69) is 16.0 Å². The highest BCUT2D eigenvalue weighted by Crippen LogP contribution is 2.30. The van der Waals surface area contributed by atoms with Crippen LogP contribution in [0.5, 0.6) is 0 Å². The molecule has 0 bridgehead atoms. The SMILES string of the molecule is O=C(NCCNC(=O)c1cc(Cl)ccc1[N+](=O)[O-])c1ccc(NC(=O)C2CC2)cc1. The van der Waals surface area contributed by atoms with Crippen LogP contribution in [0.3, 0.4) is 0 Å². The summed E-state index contributed by atoms with van der Waals surface area (Å²) in [4.78, 5) is 46.5. The monoisotopic (exact) mass is 430 g/mol. The Balaban J connectivity index is 1.46. The lowest BCUT2D eigenvalue weighted by Gasteiger charge is -2.09. The van der Waals surface area contributed by atoms with E-state index in [1.807, 2.05) is 0 Å². The Bertz CT molecular complexity index is 989. The minimum Gasteiger partial charge on any atom is -0.350 e. The first-order valence-corrected chi connectivity index (χ1v) is 9.64. The molecule has 0 heterocycles. The third-order valence-electron chi connectivity index (χ3n) is 4.46. The second kappa shape index (κ2) is 9.36. The van der Waals surface area contributed by atoms with Gasteiger partial charge in [-0.1, -0.05) is 11.6 Å². The Morgan fingerprint density at radius 3 is 2.23 bits per heavy atom. The molecule has 156 valence electrons. The highest BCUT2D eigenvalue weighted by atomic mass is 35.5. The van der Waals surface area contributed by atoms with Crippen LogP contribution in [0.2, 0.25) is 5.02 Å². The first-order valence-electron chi connectivity index (χ1n) is 9.26. The van der Waals surface area contributed by atoms with Crippen molar-refractivity contribution in [2.24, 2.45) is 5.92 Å². The van der Waals surface area contributed by atoms with E-state index < -0.39 is 10.8 Å². The summed E-state index contributed by atoms with van der Waals surface area (Å²) in [6.45, 7) is 0.197. The molecule has 0 spiro atoms. The lowest BCUT2D eigenvalue weighted by molar-refractivity contribution is -0.385. The summed E-state index contributed by atoms with van der Waals surface area (Å²) in [6, 6.07) is 10.2. The summed E-state index contributed by atoms with van der Waals surface area (Å²) in [7, 11) is 0. The van der Waals surface area contributed by atoms with Gasteiger partial charge in [0.25, 0.3) is 17.5 Å². The predicted octanol–water partition coefficient (Wildman–Crippen LogP) is 2.76. The van der Waals surface area contributed by atoms with Gasteiger partial charge in [-0.15, -0.1) is 0 Å². The van der Waals surface area contributed by atoms with Crippen molar-refractivity contribution >= 4 is 40.7 Å². The number of halogens is 1. The van der Waals surface area contributed by atoms with Crippen molar-refractivity contribution in [1.82, 2.24) is 10.6 Å². The zero-order chi connectivity index (χ0) is 21.7. The van der Waals surface area contributed by atoms with Crippen molar-refractivity contribution in [2.75, 3.05) is 18.4 Å². The van der Waals surface area contributed by atoms with Gasteiger partial charge in [-0.2, -0.15) is 0 Å². The molecule has 1 aliphatic carbocycles. The second-order valence-electron chi connectivity index (χ2n) is 6.77. The molecule has 0 radical (unpaired) electrons. The standard InChI is InChI=1S/C20H19ClN4O5/c21-14-5-8-17(25(29)30)16(11-14)20(28)23-10-9-22-18(26)12-3-6-15(7-4-12)24-19(27)13-1-2-13/h3-8,11,13H,1-2,9-10H2,(H,22,26)(H,23,28)(H,24,27). The molecule has 3 N–H and O–H groups in total. The van der Waals surface area contributed by atoms with E-state index in [0.717, 1.165) is 18.9 Å². The van der Waals surface area contributed by atoms with E-state index in [1.54, 1.807) is 24.3 Å². The molecule has 0 saturated heterocycles. The summed E-state index contributed by atoms with van der Waals surface area (Å²) < 4.78 is 0. The van der Waals surface area contributed by atoms with Gasteiger partial charge in [-0.25, -0.2) is 0 Å². The summed E-state index contributed by atoms with van der Waals surface area (Å²) in [5.74, 6) is -0.924. The molecule has 1 fully saturated rings. The average Bonchev–Trinajstić information content (AvgIpc) is 3.56. The molecule has 3 rings (SSSR count). The smallest absolute Gasteiger partial charge is 0.282 e. The molecule has 3 amide bonds. The van der Waals surface area contributed by atoms with E-state index >= 15 is 0 Å². The van der Waals surface area contributed by atoms with Gasteiger partial charge in [0.2, 0.25) is 5.91 Å². The normalized spacial score (nSPS) is 12.7. The number of nitrogens with zero attached hydrogens (tertiary/aromatic N) is 1. The number of nitro groups is 1. The van der Waals surface area contributed by atoms with E-state index in [0.29, 0.717) is 11.3 Å². The van der Waals surface area contributed by atoms with Crippen LogP contribution in [-0.4, -0.2) is 35.7 Å². The highest BCUT2D eigenvalue weighted by molar-refractivity contribution is 6.31. The van der Waals surface area contributed by atoms with Crippen LogP contribution < -0.4 is 16.0 Å². The lowest BCUT2D eigenvalue weighted by Crippen LogP contribution is -2.34. The number of nitrogens with one attached hydrogen (secondary N) is 3. The fraction of sp³-hybridized carbons (Fsp3) is 0.250. The Hall–Kier alpha value is -3.46. The number of rotatable bonds is 8. The quantitative estimate of drug-likeness (QED) is 0.336. The number of hydrogen-bond acceptors (Lipinski definition) is 5. The van der Waals surface area contributed by atoms with E-state index in [1.165, 1.54) is 12.1 Å². The van der Waals surface area contributed by atoms with Crippen molar-refractivity contribution in [3.63, 3.8) is 0 Å². The Morgan fingerprint density at radius 1 is 1.00 bits per heavy atom. The zero-order valence-electron chi connectivity index (χ0n) is 15.8. The van der Waals surface area contributed by atoms with Gasteiger partial charge in [0.1, 0.15) is 5.56 Å². The number of anilines is 1. The fourth-order valence-electron chi connectivity index (χ4n) is 2.69. The maximum atomic E-state index is 12.2. The summed E-state index contributed by atoms with van der Waals surface area (Å²) in [5, 5.41) is 19.2. The summed E-state index contributed by atoms with van der Waals surface area (Å²) in [5.41, 5.74) is 0.521. The number of hydrogen-bond donors (Lipinski definition) is 3. The fourth-order valence-corrected chi connectivity index (χ4v) is 2.87. The van der Waals surface area contributed by atoms with Crippen LogP contribution in [0.25, 0.3) is 0 Å². The molecular weight excluding hydrogens is 412 g/mol.